The number of nitrogens with two attached hydrogens (primary N) is 1. The Labute approximate surface area is 125 Å². The van der Waals surface area contributed by atoms with Crippen molar-refractivity contribution in [3.8, 4) is 0 Å². The van der Waals surface area contributed by atoms with E-state index in [-0.39, 0.29) is 11.3 Å². The first-order valence-electron chi connectivity index (χ1n) is 7.38. The van der Waals surface area contributed by atoms with Crippen LogP contribution in [0.4, 0.5) is 0 Å². The zero-order valence-corrected chi connectivity index (χ0v) is 12.8. The summed E-state index contributed by atoms with van der Waals surface area (Å²) in [5.41, 5.74) is 6.74. The average Bonchev–Trinajstić information content (AvgIpc) is 2.99. The van der Waals surface area contributed by atoms with Crippen LogP contribution in [0.15, 0.2) is 34.9 Å². The third-order valence-electron chi connectivity index (χ3n) is 4.21. The van der Waals surface area contributed by atoms with Gasteiger partial charge < -0.3 is 15.4 Å². The number of aromatic nitrogens is 2. The van der Waals surface area contributed by atoms with Crippen LogP contribution in [0.5, 0.6) is 0 Å². The van der Waals surface area contributed by atoms with E-state index >= 15 is 0 Å². The van der Waals surface area contributed by atoms with Crippen LogP contribution in [0.25, 0.3) is 0 Å². The van der Waals surface area contributed by atoms with E-state index in [0.717, 1.165) is 18.4 Å². The molecule has 0 bridgehead atoms. The highest BCUT2D eigenvalue weighted by Crippen LogP contribution is 2.37. The molecule has 2 aromatic rings. The van der Waals surface area contributed by atoms with Crippen LogP contribution >= 0.6 is 0 Å². The second-order valence-electron chi connectivity index (χ2n) is 5.38. The lowest BCUT2D eigenvalue weighted by Gasteiger charge is -2.28. The summed E-state index contributed by atoms with van der Waals surface area (Å²) >= 11 is 0. The molecule has 2 unspecified atom stereocenters. The summed E-state index contributed by atoms with van der Waals surface area (Å²) in [4.78, 5) is 4.46. The van der Waals surface area contributed by atoms with Crippen LogP contribution in [0.3, 0.4) is 0 Å². The van der Waals surface area contributed by atoms with Crippen molar-refractivity contribution in [3.05, 3.63) is 47.6 Å². The molecule has 114 valence electrons. The lowest BCUT2D eigenvalue weighted by molar-refractivity contribution is 0.146. The maximum Gasteiger partial charge on any atom is 0.246 e. The molecule has 0 spiro atoms. The van der Waals surface area contributed by atoms with Crippen molar-refractivity contribution in [2.45, 2.75) is 51.2 Å². The van der Waals surface area contributed by atoms with E-state index in [1.54, 1.807) is 6.92 Å². The van der Waals surface area contributed by atoms with Gasteiger partial charge in [0.2, 0.25) is 5.89 Å². The van der Waals surface area contributed by atoms with Crippen molar-refractivity contribution in [3.63, 3.8) is 0 Å². The molecule has 0 fully saturated rings. The van der Waals surface area contributed by atoms with Crippen molar-refractivity contribution < 1.29 is 9.63 Å². The summed E-state index contributed by atoms with van der Waals surface area (Å²) in [6, 6.07) is 9.52. The molecule has 0 saturated carbocycles. The largest absolute Gasteiger partial charge is 0.391 e. The number of nitrogens with zero attached hydrogens (tertiary/aromatic N) is 2. The molecule has 0 aliphatic heterocycles. The topological polar surface area (TPSA) is 85.2 Å². The van der Waals surface area contributed by atoms with Gasteiger partial charge in [-0.3, -0.25) is 0 Å². The summed E-state index contributed by atoms with van der Waals surface area (Å²) < 4.78 is 5.27. The van der Waals surface area contributed by atoms with Gasteiger partial charge in [-0.2, -0.15) is 4.98 Å². The first kappa shape index (κ1) is 15.7. The monoisotopic (exact) mass is 289 g/mol. The summed E-state index contributed by atoms with van der Waals surface area (Å²) in [5.74, 6) is 0.909. The van der Waals surface area contributed by atoms with Crippen LogP contribution in [-0.4, -0.2) is 21.4 Å². The van der Waals surface area contributed by atoms with Gasteiger partial charge in [-0.05, 0) is 25.3 Å². The molecular formula is C16H23N3O2. The van der Waals surface area contributed by atoms with Crippen LogP contribution < -0.4 is 5.73 Å². The second kappa shape index (κ2) is 6.37. The maximum atomic E-state index is 9.57. The lowest BCUT2D eigenvalue weighted by atomic mass is 9.75. The standard InChI is InChI=1S/C16H23N3O2/c1-4-16(5-2,12-9-7-6-8-10-12)15-18-14(21-19-15)13(17)11(3)20/h6-11,13,20H,4-5,17H2,1-3H3. The lowest BCUT2D eigenvalue weighted by Crippen LogP contribution is -2.28. The summed E-state index contributed by atoms with van der Waals surface area (Å²) in [6.07, 6.45) is 0.986. The van der Waals surface area contributed by atoms with Crippen molar-refractivity contribution in [1.82, 2.24) is 10.1 Å². The number of hydrogen-bond donors (Lipinski definition) is 2. The summed E-state index contributed by atoms with van der Waals surface area (Å²) in [6.45, 7) is 5.83. The summed E-state index contributed by atoms with van der Waals surface area (Å²) in [5, 5.41) is 13.7. The van der Waals surface area contributed by atoms with Gasteiger partial charge in [0.05, 0.1) is 11.5 Å². The van der Waals surface area contributed by atoms with E-state index in [9.17, 15) is 5.11 Å². The van der Waals surface area contributed by atoms with E-state index in [1.165, 1.54) is 0 Å². The first-order chi connectivity index (χ1) is 10.0. The SMILES string of the molecule is CCC(CC)(c1ccccc1)c1noc(C(N)C(C)O)n1. The molecule has 2 rings (SSSR count). The maximum absolute atomic E-state index is 9.57. The highest BCUT2D eigenvalue weighted by Gasteiger charge is 2.36. The molecule has 1 aromatic carbocycles. The van der Waals surface area contributed by atoms with Gasteiger partial charge in [-0.15, -0.1) is 0 Å². The normalized spacial score (nSPS) is 14.9. The molecule has 21 heavy (non-hydrogen) atoms. The van der Waals surface area contributed by atoms with Crippen molar-refractivity contribution in [2.24, 2.45) is 5.73 Å². The van der Waals surface area contributed by atoms with Gasteiger partial charge in [0.15, 0.2) is 5.82 Å². The quantitative estimate of drug-likeness (QED) is 0.853. The number of aliphatic hydroxyl groups excluding tert-OH is 1. The predicted molar refractivity (Wildman–Crippen MR) is 80.7 cm³/mol. The van der Waals surface area contributed by atoms with E-state index in [1.807, 2.05) is 18.2 Å². The molecule has 0 saturated heterocycles. The van der Waals surface area contributed by atoms with E-state index in [4.69, 9.17) is 10.3 Å². The van der Waals surface area contributed by atoms with Crippen molar-refractivity contribution in [1.29, 1.82) is 0 Å². The molecular weight excluding hydrogens is 266 g/mol. The molecule has 2 atom stereocenters. The fourth-order valence-electron chi connectivity index (χ4n) is 2.63. The van der Waals surface area contributed by atoms with E-state index in [0.29, 0.717) is 5.82 Å². The number of rotatable bonds is 6. The smallest absolute Gasteiger partial charge is 0.246 e. The average molecular weight is 289 g/mol. The third kappa shape index (κ3) is 2.84. The molecule has 3 N–H and O–H groups in total. The molecule has 1 aromatic heterocycles. The Morgan fingerprint density at radius 2 is 1.86 bits per heavy atom. The fourth-order valence-corrected chi connectivity index (χ4v) is 2.63. The Morgan fingerprint density at radius 1 is 1.24 bits per heavy atom. The molecule has 5 nitrogen and oxygen atoms in total. The van der Waals surface area contributed by atoms with Gasteiger partial charge in [0, 0.05) is 0 Å². The van der Waals surface area contributed by atoms with Crippen LogP contribution in [-0.2, 0) is 5.41 Å². The molecule has 1 heterocycles. The van der Waals surface area contributed by atoms with Gasteiger partial charge in [-0.1, -0.05) is 49.3 Å². The van der Waals surface area contributed by atoms with Gasteiger partial charge >= 0.3 is 0 Å². The fraction of sp³-hybridized carbons (Fsp3) is 0.500. The Hall–Kier alpha value is -1.72. The zero-order valence-electron chi connectivity index (χ0n) is 12.8. The number of aliphatic hydroxyl groups is 1. The Morgan fingerprint density at radius 3 is 2.38 bits per heavy atom. The number of hydrogen-bond acceptors (Lipinski definition) is 5. The molecule has 0 aliphatic rings. The van der Waals surface area contributed by atoms with E-state index in [2.05, 4.69) is 36.1 Å². The van der Waals surface area contributed by atoms with Gasteiger partial charge in [-0.25, -0.2) is 0 Å². The molecule has 0 aliphatic carbocycles. The van der Waals surface area contributed by atoms with Crippen molar-refractivity contribution in [2.75, 3.05) is 0 Å². The van der Waals surface area contributed by atoms with Crippen molar-refractivity contribution >= 4 is 0 Å². The number of benzene rings is 1. The van der Waals surface area contributed by atoms with Crippen LogP contribution in [0.1, 0.15) is 56.9 Å². The predicted octanol–water partition coefficient (Wildman–Crippen LogP) is 2.56. The van der Waals surface area contributed by atoms with Gasteiger partial charge in [0.1, 0.15) is 6.04 Å². The van der Waals surface area contributed by atoms with Crippen LogP contribution in [0, 0.1) is 0 Å². The molecule has 0 amide bonds. The molecule has 0 radical (unpaired) electrons. The highest BCUT2D eigenvalue weighted by molar-refractivity contribution is 5.32. The second-order valence-corrected chi connectivity index (χ2v) is 5.38. The Balaban J connectivity index is 2.45. The first-order valence-corrected chi connectivity index (χ1v) is 7.38. The minimum atomic E-state index is -0.729. The van der Waals surface area contributed by atoms with Gasteiger partial charge in [0.25, 0.3) is 0 Å². The minimum Gasteiger partial charge on any atom is -0.391 e. The summed E-state index contributed by atoms with van der Waals surface area (Å²) in [7, 11) is 0. The highest BCUT2D eigenvalue weighted by atomic mass is 16.5. The zero-order chi connectivity index (χ0) is 15.5. The third-order valence-corrected chi connectivity index (χ3v) is 4.21. The van der Waals surface area contributed by atoms with E-state index < -0.39 is 12.1 Å². The van der Waals surface area contributed by atoms with Crippen LogP contribution in [0.2, 0.25) is 0 Å². The Kier molecular flexibility index (Phi) is 4.75. The molecule has 5 heteroatoms. The minimum absolute atomic E-state index is 0.280. The Bertz CT molecular complexity index is 562.